The molecular formula is C14H17NaO5S2. The Morgan fingerprint density at radius 3 is 1.77 bits per heavy atom. The predicted molar refractivity (Wildman–Crippen MR) is 86.4 cm³/mol. The second kappa shape index (κ2) is 15.1. The van der Waals surface area contributed by atoms with E-state index < -0.39 is 16.1 Å². The molecular weight excluding hydrogens is 335 g/mol. The molecule has 1 aromatic carbocycles. The number of carbonyl (C=O) groups is 1. The minimum atomic E-state index is -4.31. The molecule has 0 saturated heterocycles. The number of carboxylic acid groups (broad SMARTS) is 1. The van der Waals surface area contributed by atoms with Crippen molar-refractivity contribution in [2.24, 2.45) is 0 Å². The van der Waals surface area contributed by atoms with Crippen LogP contribution in [0.25, 0.3) is 6.08 Å². The van der Waals surface area contributed by atoms with Crippen LogP contribution < -0.4 is 29.6 Å². The maximum absolute atomic E-state index is 10.5. The molecule has 0 fully saturated rings. The maximum atomic E-state index is 10.5. The fourth-order valence-electron chi connectivity index (χ4n) is 0.771. The van der Waals surface area contributed by atoms with Gasteiger partial charge in [0, 0.05) is 11.8 Å². The van der Waals surface area contributed by atoms with Crippen molar-refractivity contribution in [3.8, 4) is 0 Å². The van der Waals surface area contributed by atoms with Gasteiger partial charge in [-0.25, -0.2) is 13.2 Å². The first kappa shape index (κ1) is 26.1. The summed E-state index contributed by atoms with van der Waals surface area (Å²) in [7, 11) is -4.31. The van der Waals surface area contributed by atoms with E-state index in [1.165, 1.54) is 24.3 Å². The summed E-state index contributed by atoms with van der Waals surface area (Å²) in [5, 5.41) is 7.60. The van der Waals surface area contributed by atoms with Crippen LogP contribution in [0.3, 0.4) is 0 Å². The zero-order valence-corrected chi connectivity index (χ0v) is 16.0. The first-order valence-electron chi connectivity index (χ1n) is 5.48. The van der Waals surface area contributed by atoms with Gasteiger partial charge >= 0.3 is 35.5 Å². The first-order valence-corrected chi connectivity index (χ1v) is 7.52. The number of hydrogen-bond acceptors (Lipinski definition) is 5. The molecule has 0 aliphatic heterocycles. The van der Waals surface area contributed by atoms with Gasteiger partial charge in [0.15, 0.2) is 0 Å². The van der Waals surface area contributed by atoms with Gasteiger partial charge < -0.3 is 9.66 Å². The van der Waals surface area contributed by atoms with E-state index in [2.05, 4.69) is 32.4 Å². The average Bonchev–Trinajstić information content (AvgIpc) is 2.47. The Morgan fingerprint density at radius 2 is 1.59 bits per heavy atom. The molecule has 0 unspecified atom stereocenters. The SMILES string of the molecule is C=CC(=O)O.C=CCS.C=Cc1ccc(S(=O)(=O)[O-])cc1.[Na+]. The van der Waals surface area contributed by atoms with Crippen molar-refractivity contribution in [3.63, 3.8) is 0 Å². The molecule has 0 aliphatic carbocycles. The Hall–Kier alpha value is -0.830. The molecule has 0 spiro atoms. The Kier molecular flexibility index (Phi) is 17.9. The van der Waals surface area contributed by atoms with Crippen LogP contribution >= 0.6 is 12.6 Å². The van der Waals surface area contributed by atoms with Gasteiger partial charge in [-0.3, -0.25) is 0 Å². The average molecular weight is 352 g/mol. The molecule has 0 heterocycles. The van der Waals surface area contributed by atoms with Crippen molar-refractivity contribution in [2.75, 3.05) is 5.75 Å². The second-order valence-corrected chi connectivity index (χ2v) is 4.99. The molecule has 0 aromatic heterocycles. The summed E-state index contributed by atoms with van der Waals surface area (Å²) in [6, 6.07) is 5.58. The Labute approximate surface area is 158 Å². The molecule has 8 heteroatoms. The standard InChI is InChI=1S/C8H8O3S.C3H4O2.C3H6S.Na/c1-2-7-3-5-8(6-4-7)12(9,10)11;1-2-3(4)5;1-2-3-4;/h2-6H,1H2,(H,9,10,11);2H,1H2,(H,4,5);2,4H,1,3H2;/q;;;+1/p-1. The van der Waals surface area contributed by atoms with Crippen LogP contribution in [0.1, 0.15) is 5.56 Å². The molecule has 0 radical (unpaired) electrons. The zero-order valence-electron chi connectivity index (χ0n) is 12.3. The van der Waals surface area contributed by atoms with Crippen LogP contribution in [0.2, 0.25) is 0 Å². The van der Waals surface area contributed by atoms with E-state index in [-0.39, 0.29) is 34.5 Å². The van der Waals surface area contributed by atoms with Crippen LogP contribution in [0.5, 0.6) is 0 Å². The van der Waals surface area contributed by atoms with Crippen molar-refractivity contribution in [2.45, 2.75) is 4.90 Å². The minimum absolute atomic E-state index is 0. The second-order valence-electron chi connectivity index (χ2n) is 3.24. The Bertz CT molecular complexity index is 565. The van der Waals surface area contributed by atoms with E-state index in [9.17, 15) is 17.8 Å². The molecule has 5 nitrogen and oxygen atoms in total. The summed E-state index contributed by atoms with van der Waals surface area (Å²) in [6.45, 7) is 9.86. The fraction of sp³-hybridized carbons (Fsp3) is 0.0714. The molecule has 1 aromatic rings. The van der Waals surface area contributed by atoms with E-state index in [0.29, 0.717) is 0 Å². The minimum Gasteiger partial charge on any atom is -0.744 e. The van der Waals surface area contributed by atoms with Crippen molar-refractivity contribution in [1.29, 1.82) is 0 Å². The number of carboxylic acids is 1. The van der Waals surface area contributed by atoms with E-state index in [1.807, 2.05) is 0 Å². The zero-order chi connectivity index (χ0) is 16.9. The maximum Gasteiger partial charge on any atom is 1.00 e. The summed E-state index contributed by atoms with van der Waals surface area (Å²) < 4.78 is 31.4. The largest absolute Gasteiger partial charge is 1.00 e. The molecule has 0 saturated carbocycles. The smallest absolute Gasteiger partial charge is 0.744 e. The number of rotatable bonds is 4. The predicted octanol–water partition coefficient (Wildman–Crippen LogP) is -0.403. The molecule has 22 heavy (non-hydrogen) atoms. The van der Waals surface area contributed by atoms with Crippen molar-refractivity contribution in [3.05, 3.63) is 61.7 Å². The molecule has 1 rings (SSSR count). The van der Waals surface area contributed by atoms with Gasteiger partial charge in [0.1, 0.15) is 10.1 Å². The summed E-state index contributed by atoms with van der Waals surface area (Å²) in [6.07, 6.45) is 4.14. The van der Waals surface area contributed by atoms with Gasteiger partial charge in [0.2, 0.25) is 0 Å². The molecule has 0 amide bonds. The van der Waals surface area contributed by atoms with Crippen LogP contribution in [0.4, 0.5) is 0 Å². The topological polar surface area (TPSA) is 94.5 Å². The molecule has 0 atom stereocenters. The van der Waals surface area contributed by atoms with E-state index >= 15 is 0 Å². The molecule has 116 valence electrons. The first-order chi connectivity index (χ1) is 9.72. The Morgan fingerprint density at radius 1 is 1.23 bits per heavy atom. The van der Waals surface area contributed by atoms with Crippen molar-refractivity contribution in [1.82, 2.24) is 0 Å². The third-order valence-corrected chi connectivity index (χ3v) is 2.82. The van der Waals surface area contributed by atoms with Gasteiger partial charge in [-0.2, -0.15) is 12.6 Å². The van der Waals surface area contributed by atoms with Gasteiger partial charge in [-0.1, -0.05) is 37.4 Å². The van der Waals surface area contributed by atoms with Crippen LogP contribution in [-0.2, 0) is 14.9 Å². The molecule has 1 N–H and O–H groups in total. The third kappa shape index (κ3) is 15.6. The van der Waals surface area contributed by atoms with E-state index in [4.69, 9.17) is 5.11 Å². The summed E-state index contributed by atoms with van der Waals surface area (Å²) in [5.41, 5.74) is 0.780. The summed E-state index contributed by atoms with van der Waals surface area (Å²) in [4.78, 5) is 9.04. The van der Waals surface area contributed by atoms with Crippen molar-refractivity contribution < 1.29 is 52.4 Å². The number of thiol groups is 1. The third-order valence-electron chi connectivity index (χ3n) is 1.71. The van der Waals surface area contributed by atoms with Gasteiger partial charge in [-0.05, 0) is 17.7 Å². The number of aliphatic carboxylic acids is 1. The van der Waals surface area contributed by atoms with Gasteiger partial charge in [-0.15, -0.1) is 6.58 Å². The fourth-order valence-corrected chi connectivity index (χ4v) is 1.24. The van der Waals surface area contributed by atoms with Gasteiger partial charge in [0.25, 0.3) is 0 Å². The quantitative estimate of drug-likeness (QED) is 0.253. The van der Waals surface area contributed by atoms with Crippen molar-refractivity contribution >= 4 is 34.8 Å². The van der Waals surface area contributed by atoms with E-state index in [0.717, 1.165) is 17.4 Å². The molecule has 0 aliphatic rings. The number of benzene rings is 1. The van der Waals surface area contributed by atoms with Crippen LogP contribution in [0, 0.1) is 0 Å². The number of hydrogen-bond donors (Lipinski definition) is 2. The Balaban J connectivity index is -0.000000304. The molecule has 0 bridgehead atoms. The van der Waals surface area contributed by atoms with Crippen LogP contribution in [0.15, 0.2) is 61.0 Å². The summed E-state index contributed by atoms with van der Waals surface area (Å²) in [5.74, 6) is -0.204. The monoisotopic (exact) mass is 352 g/mol. The normalized spacial score (nSPS) is 8.64. The van der Waals surface area contributed by atoms with Crippen LogP contribution in [-0.4, -0.2) is 29.8 Å². The van der Waals surface area contributed by atoms with E-state index in [1.54, 1.807) is 12.2 Å². The van der Waals surface area contributed by atoms with Gasteiger partial charge in [0.05, 0.1) is 4.90 Å². The summed E-state index contributed by atoms with van der Waals surface area (Å²) >= 11 is 3.80.